The standard InChI is InChI=1S/C28H28N2O2/c1-4-5-18-32-25-16-12-23(13-17-25)28-29-26(21-8-6-20(2)7-9-21)19-27(30-28)22-10-14-24(31-3)15-11-22/h6-17,19H,4-5,18H2,1-3H3. The average molecular weight is 425 g/mol. The monoisotopic (exact) mass is 424 g/mol. The van der Waals surface area contributed by atoms with Gasteiger partial charge in [-0.1, -0.05) is 43.2 Å². The van der Waals surface area contributed by atoms with E-state index in [9.17, 15) is 0 Å². The molecule has 4 aromatic rings. The van der Waals surface area contributed by atoms with Gasteiger partial charge in [-0.2, -0.15) is 0 Å². The van der Waals surface area contributed by atoms with E-state index in [1.807, 2.05) is 54.6 Å². The summed E-state index contributed by atoms with van der Waals surface area (Å²) in [5.74, 6) is 2.38. The fraction of sp³-hybridized carbons (Fsp3) is 0.214. The van der Waals surface area contributed by atoms with E-state index in [1.165, 1.54) is 5.56 Å². The Morgan fingerprint density at radius 2 is 1.22 bits per heavy atom. The molecular weight excluding hydrogens is 396 g/mol. The molecule has 3 aromatic carbocycles. The number of unbranched alkanes of at least 4 members (excludes halogenated alkanes) is 1. The summed E-state index contributed by atoms with van der Waals surface area (Å²) in [6, 6.07) is 26.4. The second kappa shape index (κ2) is 10.1. The van der Waals surface area contributed by atoms with E-state index >= 15 is 0 Å². The zero-order valence-electron chi connectivity index (χ0n) is 18.8. The lowest BCUT2D eigenvalue weighted by Gasteiger charge is -2.11. The molecule has 0 aliphatic rings. The van der Waals surface area contributed by atoms with Crippen molar-refractivity contribution in [3.8, 4) is 45.4 Å². The van der Waals surface area contributed by atoms with Gasteiger partial charge in [0.2, 0.25) is 0 Å². The molecule has 0 aliphatic carbocycles. The molecule has 0 amide bonds. The van der Waals surface area contributed by atoms with Gasteiger partial charge in [0.25, 0.3) is 0 Å². The highest BCUT2D eigenvalue weighted by Crippen LogP contribution is 2.29. The summed E-state index contributed by atoms with van der Waals surface area (Å²) in [6.45, 7) is 4.98. The number of nitrogens with zero attached hydrogens (tertiary/aromatic N) is 2. The summed E-state index contributed by atoms with van der Waals surface area (Å²) in [4.78, 5) is 9.78. The summed E-state index contributed by atoms with van der Waals surface area (Å²) in [6.07, 6.45) is 2.17. The van der Waals surface area contributed by atoms with Gasteiger partial charge in [0.05, 0.1) is 25.1 Å². The van der Waals surface area contributed by atoms with Crippen LogP contribution >= 0.6 is 0 Å². The molecule has 4 heteroatoms. The third kappa shape index (κ3) is 5.14. The van der Waals surface area contributed by atoms with Crippen LogP contribution in [0.15, 0.2) is 78.9 Å². The molecule has 0 saturated heterocycles. The second-order valence-electron chi connectivity index (χ2n) is 7.78. The normalized spacial score (nSPS) is 10.7. The number of ether oxygens (including phenoxy) is 2. The van der Waals surface area contributed by atoms with Gasteiger partial charge in [0, 0.05) is 16.7 Å². The molecule has 4 rings (SSSR count). The fourth-order valence-corrected chi connectivity index (χ4v) is 3.39. The van der Waals surface area contributed by atoms with Crippen LogP contribution in [0.2, 0.25) is 0 Å². The van der Waals surface area contributed by atoms with Crippen molar-refractivity contribution in [1.82, 2.24) is 9.97 Å². The largest absolute Gasteiger partial charge is 0.497 e. The molecule has 162 valence electrons. The van der Waals surface area contributed by atoms with Crippen LogP contribution in [-0.4, -0.2) is 23.7 Å². The van der Waals surface area contributed by atoms with Crippen LogP contribution in [-0.2, 0) is 0 Å². The van der Waals surface area contributed by atoms with E-state index in [1.54, 1.807) is 7.11 Å². The summed E-state index contributed by atoms with van der Waals surface area (Å²) >= 11 is 0. The van der Waals surface area contributed by atoms with Crippen LogP contribution in [0, 0.1) is 6.92 Å². The topological polar surface area (TPSA) is 44.2 Å². The Bertz CT molecular complexity index is 1150. The molecule has 0 unspecified atom stereocenters. The molecule has 32 heavy (non-hydrogen) atoms. The van der Waals surface area contributed by atoms with Crippen molar-refractivity contribution in [3.05, 3.63) is 84.4 Å². The van der Waals surface area contributed by atoms with Crippen LogP contribution in [0.5, 0.6) is 11.5 Å². The van der Waals surface area contributed by atoms with Crippen LogP contribution < -0.4 is 9.47 Å². The highest BCUT2D eigenvalue weighted by molar-refractivity contribution is 5.72. The zero-order valence-corrected chi connectivity index (χ0v) is 18.8. The van der Waals surface area contributed by atoms with E-state index in [-0.39, 0.29) is 0 Å². The molecule has 0 aliphatic heterocycles. The lowest BCUT2D eigenvalue weighted by atomic mass is 10.1. The summed E-state index contributed by atoms with van der Waals surface area (Å²) in [7, 11) is 1.67. The average Bonchev–Trinajstić information content (AvgIpc) is 2.85. The maximum Gasteiger partial charge on any atom is 0.160 e. The molecule has 1 aromatic heterocycles. The van der Waals surface area contributed by atoms with Crippen molar-refractivity contribution in [2.45, 2.75) is 26.7 Å². The minimum Gasteiger partial charge on any atom is -0.497 e. The van der Waals surface area contributed by atoms with Crippen molar-refractivity contribution < 1.29 is 9.47 Å². The van der Waals surface area contributed by atoms with Gasteiger partial charge in [0.1, 0.15) is 11.5 Å². The fourth-order valence-electron chi connectivity index (χ4n) is 3.39. The minimum atomic E-state index is 0.689. The molecule has 0 radical (unpaired) electrons. The third-order valence-corrected chi connectivity index (χ3v) is 5.34. The molecule has 0 fully saturated rings. The zero-order chi connectivity index (χ0) is 22.3. The summed E-state index contributed by atoms with van der Waals surface area (Å²) in [5, 5.41) is 0. The van der Waals surface area contributed by atoms with Crippen molar-refractivity contribution in [2.75, 3.05) is 13.7 Å². The Labute approximate surface area is 189 Å². The van der Waals surface area contributed by atoms with E-state index in [2.05, 4.69) is 38.1 Å². The van der Waals surface area contributed by atoms with Crippen molar-refractivity contribution in [2.24, 2.45) is 0 Å². The number of benzene rings is 3. The molecule has 1 heterocycles. The maximum absolute atomic E-state index is 5.80. The number of hydrogen-bond acceptors (Lipinski definition) is 4. The van der Waals surface area contributed by atoms with E-state index in [0.717, 1.165) is 59.0 Å². The lowest BCUT2D eigenvalue weighted by Crippen LogP contribution is -1.98. The Morgan fingerprint density at radius 1 is 0.688 bits per heavy atom. The first-order valence-corrected chi connectivity index (χ1v) is 11.0. The van der Waals surface area contributed by atoms with Gasteiger partial charge in [-0.25, -0.2) is 9.97 Å². The molecule has 0 bridgehead atoms. The number of hydrogen-bond donors (Lipinski definition) is 0. The van der Waals surface area contributed by atoms with Gasteiger partial charge in [-0.15, -0.1) is 0 Å². The molecule has 0 N–H and O–H groups in total. The molecular formula is C28H28N2O2. The van der Waals surface area contributed by atoms with Crippen LogP contribution in [0.1, 0.15) is 25.3 Å². The van der Waals surface area contributed by atoms with Gasteiger partial charge in [-0.3, -0.25) is 0 Å². The second-order valence-corrected chi connectivity index (χ2v) is 7.78. The van der Waals surface area contributed by atoms with Crippen molar-refractivity contribution in [1.29, 1.82) is 0 Å². The Hall–Kier alpha value is -3.66. The van der Waals surface area contributed by atoms with Gasteiger partial charge in [0.15, 0.2) is 5.82 Å². The Morgan fingerprint density at radius 3 is 1.78 bits per heavy atom. The van der Waals surface area contributed by atoms with Gasteiger partial charge in [-0.05, 0) is 67.9 Å². The number of aromatic nitrogens is 2. The maximum atomic E-state index is 5.80. The first-order valence-electron chi connectivity index (χ1n) is 11.0. The van der Waals surface area contributed by atoms with Gasteiger partial charge < -0.3 is 9.47 Å². The van der Waals surface area contributed by atoms with Crippen molar-refractivity contribution in [3.63, 3.8) is 0 Å². The number of aryl methyl sites for hydroxylation is 1. The Balaban J connectivity index is 1.73. The lowest BCUT2D eigenvalue weighted by molar-refractivity contribution is 0.309. The predicted molar refractivity (Wildman–Crippen MR) is 130 cm³/mol. The van der Waals surface area contributed by atoms with Crippen molar-refractivity contribution >= 4 is 0 Å². The predicted octanol–water partition coefficient (Wildman–Crippen LogP) is 6.97. The SMILES string of the molecule is CCCCOc1ccc(-c2nc(-c3ccc(C)cc3)cc(-c3ccc(OC)cc3)n2)cc1. The van der Waals surface area contributed by atoms with Crippen LogP contribution in [0.4, 0.5) is 0 Å². The van der Waals surface area contributed by atoms with Crippen LogP contribution in [0.3, 0.4) is 0 Å². The minimum absolute atomic E-state index is 0.689. The molecule has 0 atom stereocenters. The highest BCUT2D eigenvalue weighted by atomic mass is 16.5. The Kier molecular flexibility index (Phi) is 6.81. The first-order chi connectivity index (χ1) is 15.7. The first kappa shape index (κ1) is 21.6. The molecule has 0 saturated carbocycles. The summed E-state index contributed by atoms with van der Waals surface area (Å²) in [5.41, 5.74) is 6.02. The number of rotatable bonds is 8. The van der Waals surface area contributed by atoms with E-state index < -0.39 is 0 Å². The van der Waals surface area contributed by atoms with Gasteiger partial charge >= 0.3 is 0 Å². The summed E-state index contributed by atoms with van der Waals surface area (Å²) < 4.78 is 11.1. The highest BCUT2D eigenvalue weighted by Gasteiger charge is 2.11. The third-order valence-electron chi connectivity index (χ3n) is 5.34. The molecule has 0 spiro atoms. The quantitative estimate of drug-likeness (QED) is 0.286. The van der Waals surface area contributed by atoms with E-state index in [4.69, 9.17) is 19.4 Å². The smallest absolute Gasteiger partial charge is 0.160 e. The van der Waals surface area contributed by atoms with Crippen LogP contribution in [0.25, 0.3) is 33.9 Å². The molecule has 4 nitrogen and oxygen atoms in total. The number of methoxy groups -OCH3 is 1. The van der Waals surface area contributed by atoms with E-state index in [0.29, 0.717) is 5.82 Å².